The van der Waals surface area contributed by atoms with Crippen molar-refractivity contribution in [3.63, 3.8) is 0 Å². The molecule has 1 fully saturated rings. The summed E-state index contributed by atoms with van der Waals surface area (Å²) in [5.74, 6) is -0.440. The molecule has 0 unspecified atom stereocenters. The minimum atomic E-state index is -1.22. The largest absolute Gasteiger partial charge is 0.477 e. The van der Waals surface area contributed by atoms with E-state index in [0.29, 0.717) is 22.1 Å². The van der Waals surface area contributed by atoms with Crippen LogP contribution in [0.25, 0.3) is 11.0 Å². The van der Waals surface area contributed by atoms with E-state index in [4.69, 9.17) is 0 Å². The van der Waals surface area contributed by atoms with Gasteiger partial charge in [0.25, 0.3) is 0 Å². The van der Waals surface area contributed by atoms with E-state index in [1.165, 1.54) is 6.20 Å². The zero-order valence-corrected chi connectivity index (χ0v) is 14.3. The van der Waals surface area contributed by atoms with Crippen LogP contribution in [0.2, 0.25) is 0 Å². The van der Waals surface area contributed by atoms with Crippen molar-refractivity contribution < 1.29 is 9.90 Å². The van der Waals surface area contributed by atoms with Crippen molar-refractivity contribution in [3.8, 4) is 0 Å². The molecule has 1 aliphatic heterocycles. The third-order valence-corrected chi connectivity index (χ3v) is 4.55. The zero-order valence-electron chi connectivity index (χ0n) is 12.7. The molecule has 2 N–H and O–H groups in total. The lowest BCUT2D eigenvalue weighted by molar-refractivity contribution is 0.0695. The number of pyridine rings is 2. The van der Waals surface area contributed by atoms with Crippen molar-refractivity contribution in [2.45, 2.75) is 13.5 Å². The van der Waals surface area contributed by atoms with E-state index in [-0.39, 0.29) is 5.56 Å². The molecule has 3 heterocycles. The summed E-state index contributed by atoms with van der Waals surface area (Å²) in [4.78, 5) is 30.5. The molecule has 7 nitrogen and oxygen atoms in total. The molecule has 0 bridgehead atoms. The van der Waals surface area contributed by atoms with Gasteiger partial charge in [0.05, 0.1) is 9.86 Å². The second-order valence-corrected chi connectivity index (χ2v) is 6.22. The summed E-state index contributed by atoms with van der Waals surface area (Å²) in [7, 11) is 0. The Bertz CT molecular complexity index is 828. The van der Waals surface area contributed by atoms with Gasteiger partial charge in [0.1, 0.15) is 17.0 Å². The topological polar surface area (TPSA) is 87.5 Å². The van der Waals surface area contributed by atoms with Crippen LogP contribution in [-0.2, 0) is 6.54 Å². The van der Waals surface area contributed by atoms with E-state index in [2.05, 4.69) is 31.1 Å². The van der Waals surface area contributed by atoms with E-state index >= 15 is 0 Å². The lowest BCUT2D eigenvalue weighted by Crippen LogP contribution is -2.44. The summed E-state index contributed by atoms with van der Waals surface area (Å²) in [6, 6.07) is 1.68. The summed E-state index contributed by atoms with van der Waals surface area (Å²) in [6.45, 7) is 5.85. The smallest absolute Gasteiger partial charge is 0.341 e. The highest BCUT2D eigenvalue weighted by Crippen LogP contribution is 2.27. The first-order valence-electron chi connectivity index (χ1n) is 7.45. The number of aryl methyl sites for hydroxylation is 1. The molecule has 122 valence electrons. The Hall–Kier alpha value is -1.93. The average molecular weight is 381 g/mol. The SMILES string of the molecule is CCn1cc(C(=O)O)c(=O)c2cc(Br)c(N3CCNCC3)nc21. The number of piperazine rings is 1. The number of nitrogens with one attached hydrogen (secondary N) is 1. The molecule has 0 spiro atoms. The summed E-state index contributed by atoms with van der Waals surface area (Å²) in [5, 5.41) is 12.8. The second kappa shape index (κ2) is 6.29. The molecular weight excluding hydrogens is 364 g/mol. The Balaban J connectivity index is 2.24. The van der Waals surface area contributed by atoms with Crippen molar-refractivity contribution in [1.82, 2.24) is 14.9 Å². The number of aromatic nitrogens is 2. The number of carboxylic acids is 1. The summed E-state index contributed by atoms with van der Waals surface area (Å²) < 4.78 is 2.41. The van der Waals surface area contributed by atoms with Gasteiger partial charge in [-0.25, -0.2) is 9.78 Å². The fourth-order valence-corrected chi connectivity index (χ4v) is 3.34. The first kappa shape index (κ1) is 15.9. The standard InChI is InChI=1S/C15H17BrN4O3/c1-2-19-8-10(15(22)23)12(21)9-7-11(16)14(18-13(9)19)20-5-3-17-4-6-20/h7-8,17H,2-6H2,1H3,(H,22,23). The number of hydrogen-bond donors (Lipinski definition) is 2. The van der Waals surface area contributed by atoms with Gasteiger partial charge in [0.15, 0.2) is 0 Å². The fraction of sp³-hybridized carbons (Fsp3) is 0.400. The number of carbonyl (C=O) groups is 1. The fourth-order valence-electron chi connectivity index (χ4n) is 2.77. The van der Waals surface area contributed by atoms with Crippen LogP contribution in [0.5, 0.6) is 0 Å². The minimum Gasteiger partial charge on any atom is -0.477 e. The lowest BCUT2D eigenvalue weighted by Gasteiger charge is -2.29. The molecular formula is C15H17BrN4O3. The predicted molar refractivity (Wildman–Crippen MR) is 91.4 cm³/mol. The molecule has 1 aliphatic rings. The Kier molecular flexibility index (Phi) is 4.36. The van der Waals surface area contributed by atoms with Crippen molar-refractivity contribution >= 4 is 38.8 Å². The van der Waals surface area contributed by atoms with Gasteiger partial charge in [-0.3, -0.25) is 4.79 Å². The number of halogens is 1. The Morgan fingerprint density at radius 2 is 2.13 bits per heavy atom. The quantitative estimate of drug-likeness (QED) is 0.833. The van der Waals surface area contributed by atoms with Crippen molar-refractivity contribution in [3.05, 3.63) is 32.5 Å². The highest BCUT2D eigenvalue weighted by Gasteiger charge is 2.20. The zero-order chi connectivity index (χ0) is 16.6. The maximum atomic E-state index is 12.4. The average Bonchev–Trinajstić information content (AvgIpc) is 2.55. The van der Waals surface area contributed by atoms with Crippen molar-refractivity contribution in [1.29, 1.82) is 0 Å². The monoisotopic (exact) mass is 380 g/mol. The van der Waals surface area contributed by atoms with Crippen LogP contribution < -0.4 is 15.6 Å². The Labute approximate surface area is 141 Å². The van der Waals surface area contributed by atoms with Gasteiger partial charge < -0.3 is 19.9 Å². The summed E-state index contributed by atoms with van der Waals surface area (Å²) >= 11 is 3.48. The molecule has 8 heteroatoms. The van der Waals surface area contributed by atoms with Crippen LogP contribution in [0.3, 0.4) is 0 Å². The first-order chi connectivity index (χ1) is 11.0. The Morgan fingerprint density at radius 1 is 1.43 bits per heavy atom. The van der Waals surface area contributed by atoms with Gasteiger partial charge in [0, 0.05) is 38.9 Å². The molecule has 0 radical (unpaired) electrons. The molecule has 0 atom stereocenters. The Morgan fingerprint density at radius 3 is 2.74 bits per heavy atom. The molecule has 23 heavy (non-hydrogen) atoms. The molecule has 2 aromatic rings. The van der Waals surface area contributed by atoms with Crippen LogP contribution in [0, 0.1) is 0 Å². The third-order valence-electron chi connectivity index (χ3n) is 3.97. The third kappa shape index (κ3) is 2.84. The van der Waals surface area contributed by atoms with Gasteiger partial charge in [-0.2, -0.15) is 0 Å². The van der Waals surface area contributed by atoms with Crippen molar-refractivity contribution in [2.24, 2.45) is 0 Å². The van der Waals surface area contributed by atoms with Gasteiger partial charge in [0.2, 0.25) is 5.43 Å². The molecule has 2 aromatic heterocycles. The number of nitrogens with zero attached hydrogens (tertiary/aromatic N) is 3. The number of aromatic carboxylic acids is 1. The van der Waals surface area contributed by atoms with Crippen LogP contribution in [0.15, 0.2) is 21.5 Å². The number of rotatable bonds is 3. The predicted octanol–water partition coefficient (Wildman–Crippen LogP) is 1.29. The summed E-state index contributed by atoms with van der Waals surface area (Å²) in [5.41, 5.74) is -0.223. The first-order valence-corrected chi connectivity index (χ1v) is 8.25. The lowest BCUT2D eigenvalue weighted by atomic mass is 10.2. The van der Waals surface area contributed by atoms with Gasteiger partial charge in [-0.15, -0.1) is 0 Å². The number of fused-ring (bicyclic) bond motifs is 1. The number of hydrogen-bond acceptors (Lipinski definition) is 5. The maximum absolute atomic E-state index is 12.4. The van der Waals surface area contributed by atoms with Crippen LogP contribution in [-0.4, -0.2) is 46.8 Å². The molecule has 0 amide bonds. The van der Waals surface area contributed by atoms with E-state index < -0.39 is 11.4 Å². The second-order valence-electron chi connectivity index (χ2n) is 5.37. The van der Waals surface area contributed by atoms with E-state index in [0.717, 1.165) is 32.0 Å². The number of anilines is 1. The van der Waals surface area contributed by atoms with Crippen molar-refractivity contribution in [2.75, 3.05) is 31.1 Å². The highest BCUT2D eigenvalue weighted by atomic mass is 79.9. The molecule has 1 saturated heterocycles. The molecule has 0 saturated carbocycles. The van der Waals surface area contributed by atoms with E-state index in [9.17, 15) is 14.7 Å². The van der Waals surface area contributed by atoms with Gasteiger partial charge in [-0.1, -0.05) is 0 Å². The molecule has 0 aliphatic carbocycles. The normalized spacial score (nSPS) is 15.1. The van der Waals surface area contributed by atoms with Crippen LogP contribution >= 0.6 is 15.9 Å². The van der Waals surface area contributed by atoms with E-state index in [1.54, 1.807) is 10.6 Å². The van der Waals surface area contributed by atoms with Gasteiger partial charge >= 0.3 is 5.97 Å². The van der Waals surface area contributed by atoms with Crippen LogP contribution in [0.1, 0.15) is 17.3 Å². The molecule has 3 rings (SSSR count). The summed E-state index contributed by atoms with van der Waals surface area (Å²) in [6.07, 6.45) is 1.37. The van der Waals surface area contributed by atoms with E-state index in [1.807, 2.05) is 6.92 Å². The molecule has 0 aromatic carbocycles. The number of carboxylic acid groups (broad SMARTS) is 1. The highest BCUT2D eigenvalue weighted by molar-refractivity contribution is 9.10. The van der Waals surface area contributed by atoms with Gasteiger partial charge in [-0.05, 0) is 28.9 Å². The van der Waals surface area contributed by atoms with Crippen LogP contribution in [0.4, 0.5) is 5.82 Å². The maximum Gasteiger partial charge on any atom is 0.341 e. The minimum absolute atomic E-state index is 0.233.